The number of aromatic nitrogens is 1. The number of aryl methyl sites for hydroxylation is 1. The first kappa shape index (κ1) is 22.1. The molecule has 0 aliphatic rings. The summed E-state index contributed by atoms with van der Waals surface area (Å²) in [5, 5.41) is 2.41. The molecule has 0 fully saturated rings. The Hall–Kier alpha value is -3.62. The van der Waals surface area contributed by atoms with Gasteiger partial charge in [0.25, 0.3) is 5.91 Å². The van der Waals surface area contributed by atoms with Crippen molar-refractivity contribution in [3.05, 3.63) is 72.2 Å². The predicted molar refractivity (Wildman–Crippen MR) is 106 cm³/mol. The molecule has 1 aromatic heterocycles. The van der Waals surface area contributed by atoms with Gasteiger partial charge in [0, 0.05) is 17.7 Å². The van der Waals surface area contributed by atoms with Crippen LogP contribution in [0, 0.1) is 0 Å². The predicted octanol–water partition coefficient (Wildman–Crippen LogP) is 4.86. The topological polar surface area (TPSA) is 81.4 Å². The number of oxazole rings is 1. The van der Waals surface area contributed by atoms with Crippen molar-refractivity contribution >= 4 is 17.6 Å². The van der Waals surface area contributed by atoms with Gasteiger partial charge in [0.05, 0.1) is 18.2 Å². The lowest BCUT2D eigenvalue weighted by Crippen LogP contribution is -2.30. The zero-order valence-corrected chi connectivity index (χ0v) is 16.5. The monoisotopic (exact) mass is 432 g/mol. The summed E-state index contributed by atoms with van der Waals surface area (Å²) in [6, 6.07) is 13.3. The molecule has 3 aromatic rings. The van der Waals surface area contributed by atoms with E-state index in [0.29, 0.717) is 11.7 Å². The second-order valence-electron chi connectivity index (χ2n) is 6.68. The van der Waals surface area contributed by atoms with E-state index in [1.807, 2.05) is 30.3 Å². The van der Waals surface area contributed by atoms with E-state index in [9.17, 15) is 22.8 Å². The van der Waals surface area contributed by atoms with E-state index in [1.165, 1.54) is 6.92 Å². The minimum atomic E-state index is -4.46. The largest absolute Gasteiger partial charge is 0.453 e. The van der Waals surface area contributed by atoms with Crippen molar-refractivity contribution in [3.63, 3.8) is 0 Å². The summed E-state index contributed by atoms with van der Waals surface area (Å²) >= 11 is 0. The average Bonchev–Trinajstić information content (AvgIpc) is 3.22. The maximum Gasteiger partial charge on any atom is 0.416 e. The van der Waals surface area contributed by atoms with Gasteiger partial charge >= 0.3 is 12.1 Å². The molecule has 2 aromatic carbocycles. The van der Waals surface area contributed by atoms with Crippen LogP contribution in [-0.4, -0.2) is 23.0 Å². The molecule has 0 saturated carbocycles. The van der Waals surface area contributed by atoms with Gasteiger partial charge in [-0.1, -0.05) is 30.3 Å². The first-order valence-electron chi connectivity index (χ1n) is 9.40. The molecule has 3 rings (SSSR count). The van der Waals surface area contributed by atoms with Crippen LogP contribution >= 0.6 is 0 Å². The van der Waals surface area contributed by atoms with Gasteiger partial charge in [-0.2, -0.15) is 13.2 Å². The Kier molecular flexibility index (Phi) is 6.74. The van der Waals surface area contributed by atoms with Gasteiger partial charge in [0.15, 0.2) is 17.8 Å². The number of nitrogens with one attached hydrogen (secondary N) is 1. The van der Waals surface area contributed by atoms with E-state index >= 15 is 0 Å². The molecule has 1 heterocycles. The SMILES string of the molecule is CC(OC(=O)CCc1ncc(-c2ccccc2)o1)C(=O)Nc1ccc(C(F)(F)F)cc1. The van der Waals surface area contributed by atoms with E-state index < -0.39 is 29.7 Å². The zero-order valence-electron chi connectivity index (χ0n) is 16.5. The lowest BCUT2D eigenvalue weighted by atomic mass is 10.2. The third kappa shape index (κ3) is 6.18. The first-order valence-corrected chi connectivity index (χ1v) is 9.40. The Bertz CT molecular complexity index is 1030. The highest BCUT2D eigenvalue weighted by Gasteiger charge is 2.30. The Labute approximate surface area is 176 Å². The fraction of sp³-hybridized carbons (Fsp3) is 0.227. The van der Waals surface area contributed by atoms with Crippen LogP contribution in [0.5, 0.6) is 0 Å². The summed E-state index contributed by atoms with van der Waals surface area (Å²) < 4.78 is 48.4. The molecule has 0 aliphatic heterocycles. The maximum absolute atomic E-state index is 12.6. The van der Waals surface area contributed by atoms with Gasteiger partial charge < -0.3 is 14.5 Å². The molecule has 1 N–H and O–H groups in total. The number of hydrogen-bond acceptors (Lipinski definition) is 5. The second kappa shape index (κ2) is 9.46. The number of hydrogen-bond donors (Lipinski definition) is 1. The number of halogens is 3. The van der Waals surface area contributed by atoms with Crippen molar-refractivity contribution in [2.45, 2.75) is 32.0 Å². The zero-order chi connectivity index (χ0) is 22.4. The lowest BCUT2D eigenvalue weighted by molar-refractivity contribution is -0.153. The average molecular weight is 432 g/mol. The number of esters is 1. The van der Waals surface area contributed by atoms with Crippen LogP contribution in [-0.2, 0) is 26.9 Å². The molecule has 9 heteroatoms. The molecule has 1 atom stereocenters. The smallest absolute Gasteiger partial charge is 0.416 e. The van der Waals surface area contributed by atoms with Crippen molar-refractivity contribution in [1.29, 1.82) is 0 Å². The van der Waals surface area contributed by atoms with E-state index in [2.05, 4.69) is 10.3 Å². The van der Waals surface area contributed by atoms with Crippen LogP contribution in [0.2, 0.25) is 0 Å². The fourth-order valence-corrected chi connectivity index (χ4v) is 2.67. The summed E-state index contributed by atoms with van der Waals surface area (Å²) in [6.45, 7) is 1.37. The van der Waals surface area contributed by atoms with Gasteiger partial charge in [0.1, 0.15) is 0 Å². The first-order chi connectivity index (χ1) is 14.7. The third-order valence-electron chi connectivity index (χ3n) is 4.31. The normalized spacial score (nSPS) is 12.3. The number of anilines is 1. The van der Waals surface area contributed by atoms with Crippen molar-refractivity contribution < 1.29 is 31.9 Å². The summed E-state index contributed by atoms with van der Waals surface area (Å²) in [6.07, 6.45) is -3.88. The quantitative estimate of drug-likeness (QED) is 0.539. The molecule has 0 aliphatic carbocycles. The minimum absolute atomic E-state index is 0.0490. The van der Waals surface area contributed by atoms with Crippen LogP contribution in [0.1, 0.15) is 24.8 Å². The lowest BCUT2D eigenvalue weighted by Gasteiger charge is -2.14. The van der Waals surface area contributed by atoms with Crippen LogP contribution in [0.3, 0.4) is 0 Å². The molecule has 31 heavy (non-hydrogen) atoms. The Morgan fingerprint density at radius 1 is 1.10 bits per heavy atom. The van der Waals surface area contributed by atoms with Gasteiger partial charge in [0.2, 0.25) is 0 Å². The van der Waals surface area contributed by atoms with Crippen LogP contribution in [0.25, 0.3) is 11.3 Å². The summed E-state index contributed by atoms with van der Waals surface area (Å²) in [5.41, 5.74) is 0.193. The van der Waals surface area contributed by atoms with Crippen molar-refractivity contribution in [1.82, 2.24) is 4.98 Å². The molecule has 162 valence electrons. The molecule has 0 spiro atoms. The molecule has 1 amide bonds. The number of ether oxygens (including phenoxy) is 1. The van der Waals surface area contributed by atoms with Gasteiger partial charge in [-0.3, -0.25) is 9.59 Å². The molecular weight excluding hydrogens is 413 g/mol. The van der Waals surface area contributed by atoms with Gasteiger partial charge in [-0.05, 0) is 31.2 Å². The number of alkyl halides is 3. The summed E-state index contributed by atoms with van der Waals surface area (Å²) in [7, 11) is 0. The molecule has 0 saturated heterocycles. The third-order valence-corrected chi connectivity index (χ3v) is 4.31. The molecule has 6 nitrogen and oxygen atoms in total. The number of nitrogens with zero attached hydrogens (tertiary/aromatic N) is 1. The van der Waals surface area contributed by atoms with Crippen LogP contribution in [0.15, 0.2) is 65.2 Å². The summed E-state index contributed by atoms with van der Waals surface area (Å²) in [4.78, 5) is 28.3. The summed E-state index contributed by atoms with van der Waals surface area (Å²) in [5.74, 6) is -0.351. The molecule has 0 bridgehead atoms. The fourth-order valence-electron chi connectivity index (χ4n) is 2.67. The number of benzene rings is 2. The number of carbonyl (C=O) groups excluding carboxylic acids is 2. The molecule has 1 unspecified atom stereocenters. The van der Waals surface area contributed by atoms with E-state index in [0.717, 1.165) is 29.8 Å². The minimum Gasteiger partial charge on any atom is -0.453 e. The highest BCUT2D eigenvalue weighted by molar-refractivity contribution is 5.95. The van der Waals surface area contributed by atoms with E-state index in [1.54, 1.807) is 6.20 Å². The highest BCUT2D eigenvalue weighted by atomic mass is 19.4. The molecule has 0 radical (unpaired) electrons. The number of rotatable bonds is 7. The Morgan fingerprint density at radius 3 is 2.42 bits per heavy atom. The number of amides is 1. The van der Waals surface area contributed by atoms with Gasteiger partial charge in [-0.25, -0.2) is 4.98 Å². The van der Waals surface area contributed by atoms with Crippen LogP contribution < -0.4 is 5.32 Å². The molecular formula is C22H19F3N2O4. The van der Waals surface area contributed by atoms with Crippen molar-refractivity contribution in [3.8, 4) is 11.3 Å². The Morgan fingerprint density at radius 2 is 1.77 bits per heavy atom. The highest BCUT2D eigenvalue weighted by Crippen LogP contribution is 2.29. The Balaban J connectivity index is 1.47. The van der Waals surface area contributed by atoms with Crippen molar-refractivity contribution in [2.24, 2.45) is 0 Å². The second-order valence-corrected chi connectivity index (χ2v) is 6.68. The number of carbonyl (C=O) groups is 2. The van der Waals surface area contributed by atoms with E-state index in [-0.39, 0.29) is 18.5 Å². The van der Waals surface area contributed by atoms with Gasteiger partial charge in [-0.15, -0.1) is 0 Å². The van der Waals surface area contributed by atoms with Crippen LogP contribution in [0.4, 0.5) is 18.9 Å². The van der Waals surface area contributed by atoms with E-state index in [4.69, 9.17) is 9.15 Å². The maximum atomic E-state index is 12.6. The van der Waals surface area contributed by atoms with Crippen molar-refractivity contribution in [2.75, 3.05) is 5.32 Å². The standard InChI is InChI=1S/C22H19F3N2O4/c1-14(21(29)27-17-9-7-16(8-10-17)22(23,24)25)30-20(28)12-11-19-26-13-18(31-19)15-5-3-2-4-6-15/h2-10,13-14H,11-12H2,1H3,(H,27,29).